The lowest BCUT2D eigenvalue weighted by molar-refractivity contribution is 0.360. The van der Waals surface area contributed by atoms with Gasteiger partial charge in [-0.05, 0) is 26.6 Å². The fourth-order valence-corrected chi connectivity index (χ4v) is 1.41. The second kappa shape index (κ2) is 3.26. The van der Waals surface area contributed by atoms with E-state index < -0.39 is 0 Å². The molecule has 0 N–H and O–H groups in total. The maximum atomic E-state index is 2.43. The van der Waals surface area contributed by atoms with E-state index in [1.54, 1.807) is 0 Å². The van der Waals surface area contributed by atoms with Gasteiger partial charge in [0.05, 0.1) is 0 Å². The molecule has 0 aromatic carbocycles. The van der Waals surface area contributed by atoms with E-state index in [0.717, 1.165) is 6.71 Å². The lowest BCUT2D eigenvalue weighted by Crippen LogP contribution is -2.19. The van der Waals surface area contributed by atoms with Crippen molar-refractivity contribution >= 4 is 6.71 Å². The van der Waals surface area contributed by atoms with E-state index in [-0.39, 0.29) is 0 Å². The molecule has 0 aromatic rings. The van der Waals surface area contributed by atoms with Gasteiger partial charge in [0.2, 0.25) is 0 Å². The van der Waals surface area contributed by atoms with E-state index >= 15 is 0 Å². The normalized spacial score (nSPS) is 24.0. The molecule has 1 aliphatic rings. The maximum Gasteiger partial charge on any atom is 0.138 e. The summed E-state index contributed by atoms with van der Waals surface area (Å²) < 4.78 is 0. The van der Waals surface area contributed by atoms with Gasteiger partial charge < -0.3 is 4.90 Å². The molecule has 0 aliphatic carbocycles. The third-order valence-corrected chi connectivity index (χ3v) is 2.24. The lowest BCUT2D eigenvalue weighted by Gasteiger charge is -2.11. The van der Waals surface area contributed by atoms with Crippen LogP contribution < -0.4 is 0 Å². The van der Waals surface area contributed by atoms with Crippen molar-refractivity contribution in [3.05, 3.63) is 0 Å². The van der Waals surface area contributed by atoms with E-state index in [4.69, 9.17) is 0 Å². The summed E-state index contributed by atoms with van der Waals surface area (Å²) in [5.74, 6) is 0. The molecule has 0 atom stereocenters. The molecular weight excluding hydrogens is 109 g/mol. The molecule has 0 saturated carbocycles. The smallest absolute Gasteiger partial charge is 0.138 e. The number of nitrogens with zero attached hydrogens (tertiary/aromatic N) is 1. The van der Waals surface area contributed by atoms with Gasteiger partial charge in [0.25, 0.3) is 0 Å². The summed E-state index contributed by atoms with van der Waals surface area (Å²) >= 11 is 0. The first-order valence-corrected chi connectivity index (χ1v) is 3.97. The van der Waals surface area contributed by atoms with Gasteiger partial charge in [-0.2, -0.15) is 0 Å². The number of hydrogen-bond acceptors (Lipinski definition) is 1. The summed E-state index contributed by atoms with van der Waals surface area (Å²) in [6, 6.07) is 0. The van der Waals surface area contributed by atoms with Gasteiger partial charge in [0.1, 0.15) is 6.71 Å². The van der Waals surface area contributed by atoms with Crippen LogP contribution in [0, 0.1) is 0 Å². The third kappa shape index (κ3) is 2.40. The molecule has 0 aromatic heterocycles. The van der Waals surface area contributed by atoms with E-state index in [2.05, 4.69) is 18.8 Å². The van der Waals surface area contributed by atoms with Crippen LogP contribution in [0.25, 0.3) is 0 Å². The molecule has 0 bridgehead atoms. The van der Waals surface area contributed by atoms with Gasteiger partial charge in [-0.25, -0.2) is 0 Å². The average Bonchev–Trinajstić information content (AvgIpc) is 1.97. The zero-order chi connectivity index (χ0) is 6.69. The summed E-state index contributed by atoms with van der Waals surface area (Å²) in [6.07, 6.45) is 4.23. The molecule has 0 radical (unpaired) electrons. The SMILES string of the molecule is CB1CCCN(C)CC1. The lowest BCUT2D eigenvalue weighted by atomic mass is 9.47. The Balaban J connectivity index is 2.25. The molecule has 1 saturated heterocycles. The Labute approximate surface area is 58.5 Å². The van der Waals surface area contributed by atoms with Crippen molar-refractivity contribution < 1.29 is 0 Å². The molecule has 1 rings (SSSR count). The first kappa shape index (κ1) is 7.14. The zero-order valence-electron chi connectivity index (χ0n) is 6.56. The van der Waals surface area contributed by atoms with Crippen molar-refractivity contribution in [1.29, 1.82) is 0 Å². The van der Waals surface area contributed by atoms with Crippen LogP contribution in [0.3, 0.4) is 0 Å². The van der Waals surface area contributed by atoms with Crippen molar-refractivity contribution in [3.8, 4) is 0 Å². The third-order valence-electron chi connectivity index (χ3n) is 2.24. The summed E-state index contributed by atoms with van der Waals surface area (Å²) in [5.41, 5.74) is 0. The second-order valence-corrected chi connectivity index (χ2v) is 3.34. The van der Waals surface area contributed by atoms with E-state index in [9.17, 15) is 0 Å². The predicted molar refractivity (Wildman–Crippen MR) is 43.3 cm³/mol. The van der Waals surface area contributed by atoms with Crippen LogP contribution in [0.2, 0.25) is 19.5 Å². The minimum atomic E-state index is 0.968. The maximum absolute atomic E-state index is 2.43. The Morgan fingerprint density at radius 1 is 1.22 bits per heavy atom. The molecule has 0 amide bonds. The molecule has 2 heteroatoms. The highest BCUT2D eigenvalue weighted by molar-refractivity contribution is 6.57. The molecule has 1 heterocycles. The topological polar surface area (TPSA) is 3.24 Å². The summed E-state index contributed by atoms with van der Waals surface area (Å²) in [5, 5.41) is 0. The van der Waals surface area contributed by atoms with Gasteiger partial charge in [0, 0.05) is 0 Å². The van der Waals surface area contributed by atoms with Crippen LogP contribution in [0.5, 0.6) is 0 Å². The zero-order valence-corrected chi connectivity index (χ0v) is 6.56. The first-order chi connectivity index (χ1) is 4.29. The summed E-state index contributed by atoms with van der Waals surface area (Å²) in [7, 11) is 2.22. The van der Waals surface area contributed by atoms with Gasteiger partial charge in [0.15, 0.2) is 0 Å². The van der Waals surface area contributed by atoms with Crippen molar-refractivity contribution in [1.82, 2.24) is 4.90 Å². The van der Waals surface area contributed by atoms with Gasteiger partial charge >= 0.3 is 0 Å². The van der Waals surface area contributed by atoms with Gasteiger partial charge in [-0.15, -0.1) is 0 Å². The van der Waals surface area contributed by atoms with Crippen molar-refractivity contribution in [2.45, 2.75) is 25.9 Å². The Kier molecular flexibility index (Phi) is 2.58. The number of rotatable bonds is 0. The summed E-state index contributed by atoms with van der Waals surface area (Å²) in [4.78, 5) is 2.43. The van der Waals surface area contributed by atoms with E-state index in [0.29, 0.717) is 0 Å². The van der Waals surface area contributed by atoms with Crippen LogP contribution in [-0.2, 0) is 0 Å². The highest BCUT2D eigenvalue weighted by Crippen LogP contribution is 2.09. The molecule has 0 unspecified atom stereocenters. The quantitative estimate of drug-likeness (QED) is 0.443. The van der Waals surface area contributed by atoms with Crippen LogP contribution in [0.15, 0.2) is 0 Å². The fraction of sp³-hybridized carbons (Fsp3) is 1.00. The number of hydrogen-bond donors (Lipinski definition) is 0. The minimum absolute atomic E-state index is 0.968. The molecular formula is C7H16BN. The molecule has 1 aliphatic heterocycles. The average molecular weight is 125 g/mol. The largest absolute Gasteiger partial charge is 0.307 e. The molecule has 1 nitrogen and oxygen atoms in total. The van der Waals surface area contributed by atoms with Gasteiger partial charge in [-0.3, -0.25) is 0 Å². The Bertz CT molecular complexity index is 75.0. The molecule has 1 fully saturated rings. The predicted octanol–water partition coefficient (Wildman–Crippen LogP) is 1.45. The van der Waals surface area contributed by atoms with Crippen LogP contribution in [-0.4, -0.2) is 31.7 Å². The molecule has 0 spiro atoms. The van der Waals surface area contributed by atoms with Crippen molar-refractivity contribution in [2.24, 2.45) is 0 Å². The van der Waals surface area contributed by atoms with Crippen LogP contribution in [0.1, 0.15) is 6.42 Å². The van der Waals surface area contributed by atoms with Crippen LogP contribution >= 0.6 is 0 Å². The van der Waals surface area contributed by atoms with E-state index in [1.165, 1.54) is 32.2 Å². The molecule has 9 heavy (non-hydrogen) atoms. The van der Waals surface area contributed by atoms with Crippen molar-refractivity contribution in [3.63, 3.8) is 0 Å². The first-order valence-electron chi connectivity index (χ1n) is 3.97. The Hall–Kier alpha value is 0.0249. The highest BCUT2D eigenvalue weighted by atomic mass is 15.1. The monoisotopic (exact) mass is 125 g/mol. The molecule has 52 valence electrons. The van der Waals surface area contributed by atoms with Crippen molar-refractivity contribution in [2.75, 3.05) is 20.1 Å². The standard InChI is InChI=1S/C7H16BN/c1-8-4-3-6-9(2)7-5-8/h3-7H2,1-2H3. The Morgan fingerprint density at radius 2 is 2.00 bits per heavy atom. The fourth-order valence-electron chi connectivity index (χ4n) is 1.41. The Morgan fingerprint density at radius 3 is 2.78 bits per heavy atom. The highest BCUT2D eigenvalue weighted by Gasteiger charge is 2.12. The minimum Gasteiger partial charge on any atom is -0.307 e. The summed E-state index contributed by atoms with van der Waals surface area (Å²) in [6.45, 7) is 5.94. The second-order valence-electron chi connectivity index (χ2n) is 3.34. The van der Waals surface area contributed by atoms with Gasteiger partial charge in [-0.1, -0.05) is 19.5 Å². The van der Waals surface area contributed by atoms with E-state index in [1.807, 2.05) is 0 Å². The van der Waals surface area contributed by atoms with Crippen LogP contribution in [0.4, 0.5) is 0 Å².